The highest BCUT2D eigenvalue weighted by molar-refractivity contribution is 7.09. The monoisotopic (exact) mass is 267 g/mol. The van der Waals surface area contributed by atoms with Crippen LogP contribution in [0.2, 0.25) is 0 Å². The number of ether oxygens (including phenoxy) is 1. The fraction of sp³-hybridized carbons (Fsp3) is 0.733. The molecule has 1 unspecified atom stereocenters. The summed E-state index contributed by atoms with van der Waals surface area (Å²) in [5, 5.41) is 5.61. The zero-order valence-electron chi connectivity index (χ0n) is 11.4. The van der Waals surface area contributed by atoms with Gasteiger partial charge in [0.15, 0.2) is 0 Å². The number of hydrogen-bond donors (Lipinski definition) is 1. The molecule has 1 aliphatic rings. The van der Waals surface area contributed by atoms with Crippen LogP contribution in [-0.2, 0) is 11.3 Å². The third-order valence-corrected chi connectivity index (χ3v) is 4.41. The van der Waals surface area contributed by atoms with Crippen molar-refractivity contribution in [2.75, 3.05) is 6.54 Å². The van der Waals surface area contributed by atoms with Gasteiger partial charge in [0, 0.05) is 18.0 Å². The molecular formula is C15H25NOS. The van der Waals surface area contributed by atoms with Gasteiger partial charge in [-0.05, 0) is 31.2 Å². The fourth-order valence-electron chi connectivity index (χ4n) is 2.57. The van der Waals surface area contributed by atoms with Gasteiger partial charge in [-0.1, -0.05) is 31.7 Å². The molecule has 1 heterocycles. The van der Waals surface area contributed by atoms with Gasteiger partial charge in [-0.2, -0.15) is 0 Å². The highest BCUT2D eigenvalue weighted by atomic mass is 32.1. The van der Waals surface area contributed by atoms with Gasteiger partial charge in [0.05, 0.1) is 12.2 Å². The summed E-state index contributed by atoms with van der Waals surface area (Å²) in [7, 11) is 0. The van der Waals surface area contributed by atoms with E-state index in [1.165, 1.54) is 43.4 Å². The van der Waals surface area contributed by atoms with E-state index >= 15 is 0 Å². The maximum atomic E-state index is 6.13. The molecule has 0 saturated heterocycles. The summed E-state index contributed by atoms with van der Waals surface area (Å²) >= 11 is 1.81. The van der Waals surface area contributed by atoms with Gasteiger partial charge in [-0.25, -0.2) is 0 Å². The average molecular weight is 267 g/mol. The van der Waals surface area contributed by atoms with Crippen molar-refractivity contribution in [3.8, 4) is 0 Å². The molecule has 2 nitrogen and oxygen atoms in total. The Kier molecular flexibility index (Phi) is 6.18. The lowest BCUT2D eigenvalue weighted by Crippen LogP contribution is -2.30. The lowest BCUT2D eigenvalue weighted by atomic mass is 10.1. The third-order valence-electron chi connectivity index (χ3n) is 3.54. The van der Waals surface area contributed by atoms with Gasteiger partial charge >= 0.3 is 0 Å². The van der Waals surface area contributed by atoms with Crippen LogP contribution in [0.5, 0.6) is 0 Å². The van der Waals surface area contributed by atoms with Gasteiger partial charge in [0.1, 0.15) is 0 Å². The fourth-order valence-corrected chi connectivity index (χ4v) is 3.24. The lowest BCUT2D eigenvalue weighted by Gasteiger charge is -2.21. The SMILES string of the molecule is CC(CNCc1cccs1)OC1CCCCCC1. The molecule has 102 valence electrons. The van der Waals surface area contributed by atoms with Gasteiger partial charge in [0.2, 0.25) is 0 Å². The summed E-state index contributed by atoms with van der Waals surface area (Å²) in [6.45, 7) is 4.11. The number of thiophene rings is 1. The van der Waals surface area contributed by atoms with Crippen molar-refractivity contribution < 1.29 is 4.74 Å². The molecule has 2 rings (SSSR count). The Bertz CT molecular complexity index is 304. The van der Waals surface area contributed by atoms with Crippen LogP contribution in [0.25, 0.3) is 0 Å². The molecule has 1 atom stereocenters. The van der Waals surface area contributed by atoms with E-state index in [2.05, 4.69) is 29.8 Å². The molecule has 0 amide bonds. The van der Waals surface area contributed by atoms with Crippen LogP contribution in [0, 0.1) is 0 Å². The second-order valence-corrected chi connectivity index (χ2v) is 6.30. The van der Waals surface area contributed by atoms with E-state index in [1.54, 1.807) is 0 Å². The van der Waals surface area contributed by atoms with Crippen molar-refractivity contribution in [2.45, 2.75) is 64.2 Å². The van der Waals surface area contributed by atoms with Gasteiger partial charge in [-0.15, -0.1) is 11.3 Å². The van der Waals surface area contributed by atoms with Crippen LogP contribution >= 0.6 is 11.3 Å². The lowest BCUT2D eigenvalue weighted by molar-refractivity contribution is -0.00882. The zero-order valence-corrected chi connectivity index (χ0v) is 12.2. The van der Waals surface area contributed by atoms with Crippen LogP contribution in [0.15, 0.2) is 17.5 Å². The standard InChI is InChI=1S/C15H25NOS/c1-13(11-16-12-15-9-6-10-18-15)17-14-7-4-2-3-5-8-14/h6,9-10,13-14,16H,2-5,7-8,11-12H2,1H3. The van der Waals surface area contributed by atoms with Crippen LogP contribution < -0.4 is 5.32 Å². The molecule has 1 fully saturated rings. The van der Waals surface area contributed by atoms with Crippen LogP contribution in [-0.4, -0.2) is 18.8 Å². The van der Waals surface area contributed by atoms with Crippen molar-refractivity contribution >= 4 is 11.3 Å². The summed E-state index contributed by atoms with van der Waals surface area (Å²) in [5.74, 6) is 0. The largest absolute Gasteiger partial charge is 0.374 e. The minimum Gasteiger partial charge on any atom is -0.374 e. The molecule has 1 N–H and O–H groups in total. The Balaban J connectivity index is 1.60. The topological polar surface area (TPSA) is 21.3 Å². The quantitative estimate of drug-likeness (QED) is 0.788. The summed E-state index contributed by atoms with van der Waals surface area (Å²) in [4.78, 5) is 1.40. The van der Waals surface area contributed by atoms with Crippen LogP contribution in [0.4, 0.5) is 0 Å². The van der Waals surface area contributed by atoms with E-state index in [0.29, 0.717) is 12.2 Å². The predicted octanol–water partition coefficient (Wildman–Crippen LogP) is 3.97. The average Bonchev–Trinajstić information content (AvgIpc) is 2.74. The Morgan fingerprint density at radius 2 is 2.11 bits per heavy atom. The first kappa shape index (κ1) is 14.0. The molecule has 1 saturated carbocycles. The van der Waals surface area contributed by atoms with Crippen molar-refractivity contribution in [1.29, 1.82) is 0 Å². The van der Waals surface area contributed by atoms with E-state index in [-0.39, 0.29) is 0 Å². The molecule has 0 bridgehead atoms. The number of rotatable bonds is 6. The molecule has 0 radical (unpaired) electrons. The van der Waals surface area contributed by atoms with Crippen molar-refractivity contribution in [3.63, 3.8) is 0 Å². The van der Waals surface area contributed by atoms with Crippen LogP contribution in [0.1, 0.15) is 50.3 Å². The van der Waals surface area contributed by atoms with Crippen molar-refractivity contribution in [1.82, 2.24) is 5.32 Å². The predicted molar refractivity (Wildman–Crippen MR) is 78.1 cm³/mol. The number of hydrogen-bond acceptors (Lipinski definition) is 3. The second kappa shape index (κ2) is 7.93. The second-order valence-electron chi connectivity index (χ2n) is 5.27. The van der Waals surface area contributed by atoms with Crippen molar-refractivity contribution in [2.24, 2.45) is 0 Å². The van der Waals surface area contributed by atoms with E-state index in [1.807, 2.05) is 11.3 Å². The molecule has 18 heavy (non-hydrogen) atoms. The maximum Gasteiger partial charge on any atom is 0.0675 e. The smallest absolute Gasteiger partial charge is 0.0675 e. The molecule has 0 aliphatic heterocycles. The van der Waals surface area contributed by atoms with E-state index in [0.717, 1.165) is 13.1 Å². The first-order chi connectivity index (χ1) is 8.84. The Labute approximate surface area is 115 Å². The molecule has 0 spiro atoms. The molecule has 0 aromatic carbocycles. The molecule has 1 aromatic heterocycles. The van der Waals surface area contributed by atoms with Gasteiger partial charge < -0.3 is 10.1 Å². The van der Waals surface area contributed by atoms with E-state index in [9.17, 15) is 0 Å². The minimum atomic E-state index is 0.327. The summed E-state index contributed by atoms with van der Waals surface area (Å²) in [6.07, 6.45) is 8.83. The summed E-state index contributed by atoms with van der Waals surface area (Å²) in [5.41, 5.74) is 0. The first-order valence-electron chi connectivity index (χ1n) is 7.23. The molecule has 1 aliphatic carbocycles. The first-order valence-corrected chi connectivity index (χ1v) is 8.11. The van der Waals surface area contributed by atoms with Gasteiger partial charge in [-0.3, -0.25) is 0 Å². The zero-order chi connectivity index (χ0) is 12.6. The van der Waals surface area contributed by atoms with Crippen molar-refractivity contribution in [3.05, 3.63) is 22.4 Å². The normalized spacial score (nSPS) is 19.6. The highest BCUT2D eigenvalue weighted by Gasteiger charge is 2.15. The summed E-state index contributed by atoms with van der Waals surface area (Å²) in [6, 6.07) is 4.28. The molecule has 3 heteroatoms. The Hall–Kier alpha value is -0.380. The molecular weight excluding hydrogens is 242 g/mol. The highest BCUT2D eigenvalue weighted by Crippen LogP contribution is 2.20. The summed E-state index contributed by atoms with van der Waals surface area (Å²) < 4.78 is 6.13. The minimum absolute atomic E-state index is 0.327. The Morgan fingerprint density at radius 1 is 1.33 bits per heavy atom. The maximum absolute atomic E-state index is 6.13. The Morgan fingerprint density at radius 3 is 2.78 bits per heavy atom. The number of nitrogens with one attached hydrogen (secondary N) is 1. The van der Waals surface area contributed by atoms with E-state index in [4.69, 9.17) is 4.74 Å². The van der Waals surface area contributed by atoms with E-state index < -0.39 is 0 Å². The van der Waals surface area contributed by atoms with Crippen LogP contribution in [0.3, 0.4) is 0 Å². The molecule has 1 aromatic rings. The third kappa shape index (κ3) is 5.09. The van der Waals surface area contributed by atoms with Gasteiger partial charge in [0.25, 0.3) is 0 Å².